The van der Waals surface area contributed by atoms with Gasteiger partial charge in [0.05, 0.1) is 0 Å². The van der Waals surface area contributed by atoms with Crippen molar-refractivity contribution in [2.75, 3.05) is 0 Å². The van der Waals surface area contributed by atoms with Crippen LogP contribution in [0.5, 0.6) is 5.75 Å². The predicted molar refractivity (Wildman–Crippen MR) is 112 cm³/mol. The van der Waals surface area contributed by atoms with E-state index >= 15 is 0 Å². The molecule has 0 radical (unpaired) electrons. The molecule has 26 heavy (non-hydrogen) atoms. The minimum Gasteiger partial charge on any atom is -0.489 e. The molecule has 0 heterocycles. The number of hydrogen-bond donors (Lipinski definition) is 1. The Morgan fingerprint density at radius 1 is 0.846 bits per heavy atom. The molecule has 0 aliphatic carbocycles. The fourth-order valence-electron chi connectivity index (χ4n) is 2.65. The van der Waals surface area contributed by atoms with Gasteiger partial charge >= 0.3 is 0 Å². The Hall–Kier alpha value is -2.65. The van der Waals surface area contributed by atoms with Crippen molar-refractivity contribution in [2.45, 2.75) is 26.5 Å². The van der Waals surface area contributed by atoms with E-state index in [1.165, 1.54) is 11.1 Å². The molecule has 0 atom stereocenters. The van der Waals surface area contributed by atoms with Gasteiger partial charge in [0.1, 0.15) is 17.3 Å². The van der Waals surface area contributed by atoms with E-state index in [9.17, 15) is 0 Å². The third kappa shape index (κ3) is 5.17. The molecule has 0 fully saturated rings. The Kier molecular flexibility index (Phi) is 6.39. The van der Waals surface area contributed by atoms with Crippen LogP contribution >= 0.6 is 12.2 Å². The minimum atomic E-state index is 0.550. The Balaban J connectivity index is 1.57. The fraction of sp³-hybridized carbons (Fsp3) is 0.174. The summed E-state index contributed by atoms with van der Waals surface area (Å²) in [7, 11) is 0. The Labute approximate surface area is 160 Å². The van der Waals surface area contributed by atoms with Crippen LogP contribution in [0.15, 0.2) is 78.9 Å². The van der Waals surface area contributed by atoms with Crippen molar-refractivity contribution in [1.29, 1.82) is 0 Å². The van der Waals surface area contributed by atoms with E-state index in [2.05, 4.69) is 48.6 Å². The van der Waals surface area contributed by atoms with Gasteiger partial charge in [-0.3, -0.25) is 0 Å². The number of ether oxygens (including phenoxy) is 1. The Bertz CT molecular complexity index is 844. The number of hydrogen-bond acceptors (Lipinski definition) is 2. The van der Waals surface area contributed by atoms with E-state index in [4.69, 9.17) is 17.0 Å². The second-order valence-corrected chi connectivity index (χ2v) is 6.56. The molecule has 3 heteroatoms. The van der Waals surface area contributed by atoms with Gasteiger partial charge in [-0.15, -0.1) is 0 Å². The lowest BCUT2D eigenvalue weighted by Crippen LogP contribution is -2.21. The number of aryl methyl sites for hydroxylation is 1. The van der Waals surface area contributed by atoms with Crippen LogP contribution in [-0.2, 0) is 19.6 Å². The summed E-state index contributed by atoms with van der Waals surface area (Å²) in [5.41, 5.74) is 4.69. The van der Waals surface area contributed by atoms with Crippen molar-refractivity contribution in [2.24, 2.45) is 0 Å². The molecule has 0 aromatic heterocycles. The zero-order chi connectivity index (χ0) is 18.2. The van der Waals surface area contributed by atoms with E-state index in [0.29, 0.717) is 6.61 Å². The van der Waals surface area contributed by atoms with E-state index in [1.807, 2.05) is 42.5 Å². The van der Waals surface area contributed by atoms with E-state index in [-0.39, 0.29) is 0 Å². The average molecular weight is 362 g/mol. The molecular formula is C23H23NOS. The monoisotopic (exact) mass is 361 g/mol. The first-order chi connectivity index (χ1) is 12.7. The van der Waals surface area contributed by atoms with E-state index < -0.39 is 0 Å². The van der Waals surface area contributed by atoms with Crippen molar-refractivity contribution < 1.29 is 4.74 Å². The number of thiocarbonyl (C=S) groups is 1. The summed E-state index contributed by atoms with van der Waals surface area (Å²) in [6.45, 7) is 3.43. The molecule has 0 saturated heterocycles. The topological polar surface area (TPSA) is 21.3 Å². The molecule has 3 aromatic carbocycles. The molecule has 0 unspecified atom stereocenters. The highest BCUT2D eigenvalue weighted by molar-refractivity contribution is 7.80. The van der Waals surface area contributed by atoms with Gasteiger partial charge < -0.3 is 10.1 Å². The normalized spacial score (nSPS) is 10.3. The predicted octanol–water partition coefficient (Wildman–Crippen LogP) is 5.29. The van der Waals surface area contributed by atoms with Crippen LogP contribution in [0, 0.1) is 0 Å². The van der Waals surface area contributed by atoms with Crippen LogP contribution in [0.2, 0.25) is 0 Å². The van der Waals surface area contributed by atoms with Crippen molar-refractivity contribution in [3.05, 3.63) is 101 Å². The minimum absolute atomic E-state index is 0.550. The zero-order valence-electron chi connectivity index (χ0n) is 14.9. The lowest BCUT2D eigenvalue weighted by Gasteiger charge is -2.11. The van der Waals surface area contributed by atoms with Crippen LogP contribution < -0.4 is 10.1 Å². The zero-order valence-corrected chi connectivity index (χ0v) is 15.8. The SMILES string of the molecule is CCc1ccc(CNC(=S)c2cccc(OCc3ccccc3)c2)cc1. The molecule has 0 amide bonds. The van der Waals surface area contributed by atoms with Gasteiger partial charge in [-0.2, -0.15) is 0 Å². The molecule has 2 nitrogen and oxygen atoms in total. The molecule has 3 rings (SSSR count). The Morgan fingerprint density at radius 2 is 1.58 bits per heavy atom. The third-order valence-electron chi connectivity index (χ3n) is 4.23. The summed E-state index contributed by atoms with van der Waals surface area (Å²) in [5.74, 6) is 0.822. The molecule has 1 N–H and O–H groups in total. The highest BCUT2D eigenvalue weighted by Gasteiger charge is 2.04. The lowest BCUT2D eigenvalue weighted by molar-refractivity contribution is 0.306. The highest BCUT2D eigenvalue weighted by Crippen LogP contribution is 2.16. The second kappa shape index (κ2) is 9.16. The number of rotatable bonds is 7. The van der Waals surface area contributed by atoms with Crippen molar-refractivity contribution in [1.82, 2.24) is 5.32 Å². The summed E-state index contributed by atoms with van der Waals surface area (Å²) in [6, 6.07) is 26.7. The first-order valence-corrected chi connectivity index (χ1v) is 9.28. The first-order valence-electron chi connectivity index (χ1n) is 8.87. The molecule has 0 spiro atoms. The van der Waals surface area contributed by atoms with Crippen LogP contribution in [-0.4, -0.2) is 4.99 Å². The average Bonchev–Trinajstić information content (AvgIpc) is 2.72. The van der Waals surface area contributed by atoms with Gasteiger partial charge in [0, 0.05) is 12.1 Å². The second-order valence-electron chi connectivity index (χ2n) is 6.15. The van der Waals surface area contributed by atoms with Crippen molar-refractivity contribution in [3.63, 3.8) is 0 Å². The number of benzene rings is 3. The molecule has 132 valence electrons. The molecule has 0 aliphatic rings. The molecule has 0 aliphatic heterocycles. The molecular weight excluding hydrogens is 338 g/mol. The summed E-state index contributed by atoms with van der Waals surface area (Å²) < 4.78 is 5.88. The summed E-state index contributed by atoms with van der Waals surface area (Å²) in [6.07, 6.45) is 1.06. The summed E-state index contributed by atoms with van der Waals surface area (Å²) in [4.78, 5) is 0.731. The van der Waals surface area contributed by atoms with Gasteiger partial charge in [0.25, 0.3) is 0 Å². The maximum Gasteiger partial charge on any atom is 0.120 e. The summed E-state index contributed by atoms with van der Waals surface area (Å²) >= 11 is 5.54. The standard InChI is InChI=1S/C23H23NOS/c1-2-18-11-13-19(14-12-18)16-24-23(26)21-9-6-10-22(15-21)25-17-20-7-4-3-5-8-20/h3-15H,2,16-17H2,1H3,(H,24,26). The quantitative estimate of drug-likeness (QED) is 0.578. The van der Waals surface area contributed by atoms with Crippen molar-refractivity contribution in [3.8, 4) is 5.75 Å². The van der Waals surface area contributed by atoms with Gasteiger partial charge in [-0.05, 0) is 35.2 Å². The first kappa shape index (κ1) is 18.2. The van der Waals surface area contributed by atoms with Crippen LogP contribution in [0.1, 0.15) is 29.2 Å². The molecule has 3 aromatic rings. The van der Waals surface area contributed by atoms with Crippen molar-refractivity contribution >= 4 is 17.2 Å². The van der Waals surface area contributed by atoms with Crippen LogP contribution in [0.3, 0.4) is 0 Å². The number of nitrogens with one attached hydrogen (secondary N) is 1. The maximum atomic E-state index is 5.88. The molecule has 0 saturated carbocycles. The van der Waals surface area contributed by atoms with Crippen LogP contribution in [0.4, 0.5) is 0 Å². The smallest absolute Gasteiger partial charge is 0.120 e. The largest absolute Gasteiger partial charge is 0.489 e. The Morgan fingerprint density at radius 3 is 2.31 bits per heavy atom. The van der Waals surface area contributed by atoms with Gasteiger partial charge in [0.2, 0.25) is 0 Å². The van der Waals surface area contributed by atoms with Gasteiger partial charge in [-0.25, -0.2) is 0 Å². The summed E-state index contributed by atoms with van der Waals surface area (Å²) in [5, 5.41) is 3.33. The molecule has 0 bridgehead atoms. The van der Waals surface area contributed by atoms with Crippen LogP contribution in [0.25, 0.3) is 0 Å². The highest BCUT2D eigenvalue weighted by atomic mass is 32.1. The fourth-order valence-corrected chi connectivity index (χ4v) is 2.84. The van der Waals surface area contributed by atoms with E-state index in [0.717, 1.165) is 34.8 Å². The van der Waals surface area contributed by atoms with Gasteiger partial charge in [-0.1, -0.05) is 85.9 Å². The van der Waals surface area contributed by atoms with E-state index in [1.54, 1.807) is 0 Å². The maximum absolute atomic E-state index is 5.88. The van der Waals surface area contributed by atoms with Gasteiger partial charge in [0.15, 0.2) is 0 Å². The lowest BCUT2D eigenvalue weighted by atomic mass is 10.1. The third-order valence-corrected chi connectivity index (χ3v) is 4.61.